The van der Waals surface area contributed by atoms with E-state index in [1.54, 1.807) is 11.3 Å². The molecule has 0 atom stereocenters. The highest BCUT2D eigenvalue weighted by Gasteiger charge is 2.32. The molecule has 4 rings (SSSR count). The third-order valence-corrected chi connectivity index (χ3v) is 4.45. The molecule has 0 aliphatic carbocycles. The van der Waals surface area contributed by atoms with Crippen molar-refractivity contribution in [2.75, 3.05) is 13.1 Å². The van der Waals surface area contributed by atoms with Crippen molar-refractivity contribution in [3.8, 4) is 0 Å². The van der Waals surface area contributed by atoms with Crippen LogP contribution >= 0.6 is 12.4 Å². The molecular formula is C17H24ClN. The second-order valence-corrected chi connectivity index (χ2v) is 5.59. The van der Waals surface area contributed by atoms with Gasteiger partial charge in [-0.15, -0.1) is 12.4 Å². The average Bonchev–Trinajstić information content (AvgIpc) is 2.46. The van der Waals surface area contributed by atoms with E-state index in [0.29, 0.717) is 0 Å². The maximum absolute atomic E-state index is 2.65. The highest BCUT2D eigenvalue weighted by atomic mass is 35.5. The zero-order chi connectivity index (χ0) is 12.4. The Bertz CT molecular complexity index is 430. The first-order chi connectivity index (χ1) is 8.90. The minimum Gasteiger partial charge on any atom is -0.375 e. The van der Waals surface area contributed by atoms with Crippen molar-refractivity contribution >= 4 is 18.0 Å². The van der Waals surface area contributed by atoms with Crippen molar-refractivity contribution in [3.63, 3.8) is 0 Å². The summed E-state index contributed by atoms with van der Waals surface area (Å²) < 4.78 is 0. The van der Waals surface area contributed by atoms with Gasteiger partial charge in [0.2, 0.25) is 0 Å². The second kappa shape index (κ2) is 6.47. The summed E-state index contributed by atoms with van der Waals surface area (Å²) in [5, 5.41) is 0. The number of allylic oxidation sites excluding steroid dienone is 2. The Balaban J connectivity index is 0.00000133. The van der Waals surface area contributed by atoms with Gasteiger partial charge >= 0.3 is 0 Å². The van der Waals surface area contributed by atoms with Gasteiger partial charge in [-0.05, 0) is 42.7 Å². The molecule has 2 heteroatoms. The van der Waals surface area contributed by atoms with Gasteiger partial charge in [0.05, 0.1) is 0 Å². The predicted octanol–water partition coefficient (Wildman–Crippen LogP) is 4.74. The molecule has 1 fully saturated rings. The quantitative estimate of drug-likeness (QED) is 0.769. The molecule has 3 aliphatic heterocycles. The van der Waals surface area contributed by atoms with E-state index in [0.717, 1.165) is 5.92 Å². The van der Waals surface area contributed by atoms with Crippen molar-refractivity contribution in [3.05, 3.63) is 41.6 Å². The number of benzene rings is 1. The molecule has 2 bridgehead atoms. The molecular weight excluding hydrogens is 254 g/mol. The van der Waals surface area contributed by atoms with Crippen molar-refractivity contribution in [1.82, 2.24) is 4.90 Å². The summed E-state index contributed by atoms with van der Waals surface area (Å²) in [4.78, 5) is 2.65. The van der Waals surface area contributed by atoms with E-state index >= 15 is 0 Å². The first kappa shape index (κ1) is 14.5. The summed E-state index contributed by atoms with van der Waals surface area (Å²) in [5.41, 5.74) is 4.80. The molecule has 0 unspecified atom stereocenters. The molecule has 0 spiro atoms. The normalized spacial score (nSPS) is 18.7. The first-order valence-electron chi connectivity index (χ1n) is 7.43. The van der Waals surface area contributed by atoms with Crippen LogP contribution in [0.4, 0.5) is 0 Å². The van der Waals surface area contributed by atoms with Gasteiger partial charge in [-0.3, -0.25) is 0 Å². The summed E-state index contributed by atoms with van der Waals surface area (Å²) in [6, 6.07) is 11.1. The molecule has 0 radical (unpaired) electrons. The predicted molar refractivity (Wildman–Crippen MR) is 84.4 cm³/mol. The van der Waals surface area contributed by atoms with Gasteiger partial charge in [0.1, 0.15) is 0 Å². The average molecular weight is 278 g/mol. The molecule has 0 amide bonds. The topological polar surface area (TPSA) is 3.24 Å². The molecule has 1 saturated heterocycles. The van der Waals surface area contributed by atoms with E-state index in [-0.39, 0.29) is 12.4 Å². The van der Waals surface area contributed by atoms with Gasteiger partial charge in [0, 0.05) is 18.8 Å². The van der Waals surface area contributed by atoms with E-state index in [4.69, 9.17) is 0 Å². The second-order valence-electron chi connectivity index (χ2n) is 5.59. The number of unbranched alkanes of at least 4 members (excludes halogenated alkanes) is 1. The highest BCUT2D eigenvalue weighted by molar-refractivity contribution is 5.85. The largest absolute Gasteiger partial charge is 0.375 e. The molecule has 1 aromatic rings. The lowest BCUT2D eigenvalue weighted by atomic mass is 9.78. The molecule has 1 nitrogen and oxygen atoms in total. The molecule has 0 aromatic heterocycles. The van der Waals surface area contributed by atoms with Crippen LogP contribution in [0.2, 0.25) is 0 Å². The number of halogens is 1. The van der Waals surface area contributed by atoms with Crippen molar-refractivity contribution in [2.24, 2.45) is 5.92 Å². The van der Waals surface area contributed by atoms with Crippen LogP contribution in [0.25, 0.3) is 5.57 Å². The number of piperidine rings is 1. The van der Waals surface area contributed by atoms with Crippen LogP contribution in [0, 0.1) is 5.92 Å². The summed E-state index contributed by atoms with van der Waals surface area (Å²) in [6.07, 6.45) is 6.62. The standard InChI is InChI=1S/C17H23N.ClH/c1-2-3-9-16-17(14-7-5-4-6-8-14)15-10-12-18(16)13-11-15;/h4-8,15H,2-3,9-13H2,1H3;1H. The lowest BCUT2D eigenvalue weighted by Crippen LogP contribution is -2.39. The van der Waals surface area contributed by atoms with Crippen LogP contribution in [-0.4, -0.2) is 18.0 Å². The van der Waals surface area contributed by atoms with Crippen molar-refractivity contribution in [2.45, 2.75) is 39.0 Å². The zero-order valence-electron chi connectivity index (χ0n) is 11.8. The fourth-order valence-electron chi connectivity index (χ4n) is 3.50. The number of nitrogens with zero attached hydrogens (tertiary/aromatic N) is 1. The summed E-state index contributed by atoms with van der Waals surface area (Å²) in [7, 11) is 0. The number of hydrogen-bond donors (Lipinski definition) is 0. The Morgan fingerprint density at radius 3 is 2.42 bits per heavy atom. The van der Waals surface area contributed by atoms with Crippen LogP contribution < -0.4 is 0 Å². The molecule has 1 aromatic carbocycles. The summed E-state index contributed by atoms with van der Waals surface area (Å²) in [6.45, 7) is 4.87. The summed E-state index contributed by atoms with van der Waals surface area (Å²) >= 11 is 0. The van der Waals surface area contributed by atoms with Gasteiger partial charge in [-0.25, -0.2) is 0 Å². The van der Waals surface area contributed by atoms with E-state index in [1.807, 2.05) is 0 Å². The SMILES string of the molecule is CCCCC1=C(c2ccccc2)C2CCN1CC2.Cl. The minimum absolute atomic E-state index is 0. The van der Waals surface area contributed by atoms with E-state index in [1.165, 1.54) is 50.8 Å². The Hall–Kier alpha value is -0.950. The lowest BCUT2D eigenvalue weighted by molar-refractivity contribution is 0.221. The Morgan fingerprint density at radius 2 is 1.79 bits per heavy atom. The first-order valence-corrected chi connectivity index (χ1v) is 7.43. The minimum atomic E-state index is 0. The van der Waals surface area contributed by atoms with Gasteiger partial charge in [0.15, 0.2) is 0 Å². The Labute approximate surface area is 123 Å². The number of hydrogen-bond acceptors (Lipinski definition) is 1. The number of rotatable bonds is 4. The van der Waals surface area contributed by atoms with Gasteiger partial charge in [0.25, 0.3) is 0 Å². The van der Waals surface area contributed by atoms with Crippen LogP contribution in [0.1, 0.15) is 44.6 Å². The molecule has 0 N–H and O–H groups in total. The van der Waals surface area contributed by atoms with Crippen molar-refractivity contribution < 1.29 is 0 Å². The highest BCUT2D eigenvalue weighted by Crippen LogP contribution is 2.43. The molecule has 3 aliphatic rings. The Kier molecular flexibility index (Phi) is 4.93. The van der Waals surface area contributed by atoms with Gasteiger partial charge in [-0.2, -0.15) is 0 Å². The fourth-order valence-corrected chi connectivity index (χ4v) is 3.50. The van der Waals surface area contributed by atoms with E-state index in [9.17, 15) is 0 Å². The number of fused-ring (bicyclic) bond motifs is 2. The third-order valence-electron chi connectivity index (χ3n) is 4.45. The third kappa shape index (κ3) is 2.81. The van der Waals surface area contributed by atoms with Crippen LogP contribution in [-0.2, 0) is 0 Å². The van der Waals surface area contributed by atoms with Gasteiger partial charge in [-0.1, -0.05) is 43.7 Å². The van der Waals surface area contributed by atoms with Crippen LogP contribution in [0.5, 0.6) is 0 Å². The zero-order valence-corrected chi connectivity index (χ0v) is 12.6. The van der Waals surface area contributed by atoms with Gasteiger partial charge < -0.3 is 4.90 Å². The molecule has 104 valence electrons. The fraction of sp³-hybridized carbons (Fsp3) is 0.529. The van der Waals surface area contributed by atoms with Crippen molar-refractivity contribution in [1.29, 1.82) is 0 Å². The monoisotopic (exact) mass is 277 g/mol. The molecule has 0 saturated carbocycles. The summed E-state index contributed by atoms with van der Waals surface area (Å²) in [5.74, 6) is 0.823. The van der Waals surface area contributed by atoms with E-state index in [2.05, 4.69) is 42.2 Å². The van der Waals surface area contributed by atoms with Crippen LogP contribution in [0.15, 0.2) is 36.0 Å². The molecule has 3 heterocycles. The lowest BCUT2D eigenvalue weighted by Gasteiger charge is -2.44. The smallest absolute Gasteiger partial charge is 0.0180 e. The Morgan fingerprint density at radius 1 is 1.11 bits per heavy atom. The maximum atomic E-state index is 2.65. The van der Waals surface area contributed by atoms with E-state index < -0.39 is 0 Å². The maximum Gasteiger partial charge on any atom is 0.0180 e. The molecule has 19 heavy (non-hydrogen) atoms. The van der Waals surface area contributed by atoms with Crippen LogP contribution in [0.3, 0.4) is 0 Å².